The van der Waals surface area contributed by atoms with E-state index in [2.05, 4.69) is 10.4 Å². The molecule has 1 amide bonds. The summed E-state index contributed by atoms with van der Waals surface area (Å²) >= 11 is 0. The molecule has 1 N–H and O–H groups in total. The van der Waals surface area contributed by atoms with Gasteiger partial charge in [0, 0.05) is 36.0 Å². The fourth-order valence-corrected chi connectivity index (χ4v) is 3.38. The molecule has 5 heteroatoms. The van der Waals surface area contributed by atoms with Gasteiger partial charge in [-0.1, -0.05) is 24.5 Å². The molecule has 23 heavy (non-hydrogen) atoms. The van der Waals surface area contributed by atoms with Gasteiger partial charge in [-0.2, -0.15) is 5.10 Å². The Labute approximate surface area is 147 Å². The molecule has 2 atom stereocenters. The molecule has 0 unspecified atom stereocenters. The number of rotatable bonds is 2. The Hall–Kier alpha value is -1.88. The van der Waals surface area contributed by atoms with Crippen LogP contribution in [-0.2, 0) is 7.05 Å². The van der Waals surface area contributed by atoms with Gasteiger partial charge in [0.25, 0.3) is 5.91 Å². The molecule has 1 aromatic carbocycles. The predicted molar refractivity (Wildman–Crippen MR) is 90.4 cm³/mol. The molecule has 3 heterocycles. The average molecular weight is 320 g/mol. The summed E-state index contributed by atoms with van der Waals surface area (Å²) in [6, 6.07) is -4.21. The minimum Gasteiger partial charge on any atom is -0.348 e. The van der Waals surface area contributed by atoms with Crippen LogP contribution in [-0.4, -0.2) is 45.8 Å². The van der Waals surface area contributed by atoms with Crippen LogP contribution in [0.4, 0.5) is 0 Å². The lowest BCUT2D eigenvalue weighted by Crippen LogP contribution is -2.55. The van der Waals surface area contributed by atoms with Crippen molar-refractivity contribution in [2.45, 2.75) is 50.1 Å². The van der Waals surface area contributed by atoms with E-state index in [1.165, 1.54) is 11.7 Å². The Bertz CT molecular complexity index is 1060. The van der Waals surface area contributed by atoms with Crippen LogP contribution < -0.4 is 5.32 Å². The second-order valence-electron chi connectivity index (χ2n) is 6.06. The van der Waals surface area contributed by atoms with Gasteiger partial charge in [0.15, 0.2) is 5.69 Å². The fraction of sp³-hybridized carbons (Fsp3) is 0.556. The standard InChI is InChI=1S/C18H24N4O/c1-21-13-6-5-7-14(21)11-12(10-13)19-18(23)17-15-8-3-4-9-16(15)22(2)20-17/h3-4,8-9,12-14H,5-7,10-11H2,1-2H3,(H,19,23)/t13-,14-/m1/s1/i3D,4D,8D,9D,10D2,11D2. The molecule has 4 rings (SSSR count). The molecule has 2 aliphatic heterocycles. The van der Waals surface area contributed by atoms with E-state index in [1.54, 1.807) is 11.9 Å². The molecule has 1 aromatic heterocycles. The first-order valence-corrected chi connectivity index (χ1v) is 7.77. The number of aromatic nitrogens is 2. The van der Waals surface area contributed by atoms with Gasteiger partial charge in [-0.3, -0.25) is 9.48 Å². The van der Waals surface area contributed by atoms with E-state index < -0.39 is 54.9 Å². The Morgan fingerprint density at radius 1 is 1.30 bits per heavy atom. The molecule has 2 aromatic rings. The number of para-hydroxylation sites is 1. The molecule has 0 spiro atoms. The lowest BCUT2D eigenvalue weighted by Gasteiger charge is -2.47. The van der Waals surface area contributed by atoms with Gasteiger partial charge in [-0.15, -0.1) is 0 Å². The van der Waals surface area contributed by atoms with Crippen LogP contribution in [0.5, 0.6) is 0 Å². The number of fused-ring (bicyclic) bond motifs is 3. The molecular weight excluding hydrogens is 288 g/mol. The molecule has 2 aliphatic rings. The topological polar surface area (TPSA) is 50.2 Å². The SMILES string of the molecule is [2H]c1c([2H])c([2H])c2c(c(C(=O)NC3C([2H])([2H])[C@H]4CCC[C@@H](N4C)C3([2H])[2H])nn2C)c1[2H]. The van der Waals surface area contributed by atoms with Crippen molar-refractivity contribution in [1.29, 1.82) is 0 Å². The summed E-state index contributed by atoms with van der Waals surface area (Å²) in [5.41, 5.74) is -0.220. The highest BCUT2D eigenvalue weighted by Crippen LogP contribution is 2.32. The zero-order chi connectivity index (χ0) is 23.0. The molecule has 122 valence electrons. The van der Waals surface area contributed by atoms with Gasteiger partial charge in [0.2, 0.25) is 0 Å². The van der Waals surface area contributed by atoms with E-state index in [1.807, 2.05) is 0 Å². The van der Waals surface area contributed by atoms with Gasteiger partial charge in [-0.05, 0) is 38.7 Å². The van der Waals surface area contributed by atoms with E-state index in [0.717, 1.165) is 0 Å². The summed E-state index contributed by atoms with van der Waals surface area (Å²) in [7, 11) is 3.17. The van der Waals surface area contributed by atoms with Gasteiger partial charge in [0.1, 0.15) is 0 Å². The normalized spacial score (nSPS) is 37.4. The minimum atomic E-state index is -2.05. The number of nitrogens with zero attached hydrogens (tertiary/aromatic N) is 3. The minimum absolute atomic E-state index is 0.0578. The molecule has 0 aliphatic carbocycles. The van der Waals surface area contributed by atoms with Crippen LogP contribution in [0.2, 0.25) is 0 Å². The number of hydrogen-bond acceptors (Lipinski definition) is 3. The van der Waals surface area contributed by atoms with Crippen LogP contribution in [0.1, 0.15) is 53.5 Å². The predicted octanol–water partition coefficient (Wildman–Crippen LogP) is 2.32. The monoisotopic (exact) mass is 320 g/mol. The molecular formula is C18H24N4O. The van der Waals surface area contributed by atoms with Gasteiger partial charge < -0.3 is 10.2 Å². The number of piperidine rings is 2. The third-order valence-corrected chi connectivity index (χ3v) is 4.63. The first kappa shape index (κ1) is 8.29. The van der Waals surface area contributed by atoms with E-state index >= 15 is 0 Å². The highest BCUT2D eigenvalue weighted by molar-refractivity contribution is 6.04. The Morgan fingerprint density at radius 2 is 2.00 bits per heavy atom. The van der Waals surface area contributed by atoms with Crippen LogP contribution >= 0.6 is 0 Å². The zero-order valence-electron chi connectivity index (χ0n) is 21.1. The lowest BCUT2D eigenvalue weighted by atomic mass is 9.82. The summed E-state index contributed by atoms with van der Waals surface area (Å²) in [5.74, 6) is -0.865. The maximum Gasteiger partial charge on any atom is 0.272 e. The third kappa shape index (κ3) is 2.53. The van der Waals surface area contributed by atoms with Crippen molar-refractivity contribution in [3.63, 3.8) is 0 Å². The first-order chi connectivity index (χ1) is 14.3. The number of hydrogen-bond donors (Lipinski definition) is 1. The molecule has 2 bridgehead atoms. The Balaban J connectivity index is 1.79. The van der Waals surface area contributed by atoms with Crippen LogP contribution in [0, 0.1) is 0 Å². The Morgan fingerprint density at radius 3 is 2.74 bits per heavy atom. The van der Waals surface area contributed by atoms with Crippen molar-refractivity contribution in [2.24, 2.45) is 7.05 Å². The third-order valence-electron chi connectivity index (χ3n) is 4.63. The zero-order valence-corrected chi connectivity index (χ0v) is 13.1. The number of benzene rings is 1. The van der Waals surface area contributed by atoms with Crippen molar-refractivity contribution in [1.82, 2.24) is 20.0 Å². The van der Waals surface area contributed by atoms with E-state index in [4.69, 9.17) is 11.0 Å². The summed E-state index contributed by atoms with van der Waals surface area (Å²) in [6.07, 6.45) is -2.27. The van der Waals surface area contributed by atoms with Crippen molar-refractivity contribution in [2.75, 3.05) is 7.05 Å². The molecule has 0 saturated carbocycles. The van der Waals surface area contributed by atoms with Gasteiger partial charge >= 0.3 is 0 Å². The summed E-state index contributed by atoms with van der Waals surface area (Å²) in [6.45, 7) is 0. The second-order valence-corrected chi connectivity index (χ2v) is 6.06. The largest absolute Gasteiger partial charge is 0.348 e. The van der Waals surface area contributed by atoms with E-state index in [9.17, 15) is 4.79 Å². The quantitative estimate of drug-likeness (QED) is 0.924. The summed E-state index contributed by atoms with van der Waals surface area (Å²) in [5, 5.41) is 6.52. The highest BCUT2D eigenvalue weighted by atomic mass is 16.2. The molecule has 5 nitrogen and oxygen atoms in total. The highest BCUT2D eigenvalue weighted by Gasteiger charge is 2.36. The van der Waals surface area contributed by atoms with Crippen molar-refractivity contribution >= 4 is 16.8 Å². The molecule has 2 saturated heterocycles. The maximum atomic E-state index is 13.2. The molecule has 0 radical (unpaired) electrons. The number of nitrogens with one attached hydrogen (secondary N) is 1. The molecule has 2 fully saturated rings. The van der Waals surface area contributed by atoms with Crippen LogP contribution in [0.15, 0.2) is 24.2 Å². The number of carbonyl (C=O) groups excluding carboxylic acids is 1. The van der Waals surface area contributed by atoms with Crippen molar-refractivity contribution in [3.8, 4) is 0 Å². The number of aryl methyl sites for hydroxylation is 1. The van der Waals surface area contributed by atoms with Crippen molar-refractivity contribution < 1.29 is 15.8 Å². The number of amides is 1. The average Bonchev–Trinajstić information content (AvgIpc) is 3.04. The fourth-order valence-electron chi connectivity index (χ4n) is 3.38. The van der Waals surface area contributed by atoms with Crippen LogP contribution in [0.3, 0.4) is 0 Å². The van der Waals surface area contributed by atoms with Gasteiger partial charge in [-0.25, -0.2) is 0 Å². The van der Waals surface area contributed by atoms with Crippen molar-refractivity contribution in [3.05, 3.63) is 29.9 Å². The summed E-state index contributed by atoms with van der Waals surface area (Å²) in [4.78, 5) is 14.9. The van der Waals surface area contributed by atoms with E-state index in [-0.39, 0.29) is 22.6 Å². The number of carbonyl (C=O) groups is 1. The van der Waals surface area contributed by atoms with Crippen LogP contribution in [0.25, 0.3) is 10.9 Å². The smallest absolute Gasteiger partial charge is 0.272 e. The lowest BCUT2D eigenvalue weighted by molar-refractivity contribution is 0.0462. The Kier molecular flexibility index (Phi) is 2.03. The first-order valence-electron chi connectivity index (χ1n) is 11.8. The maximum absolute atomic E-state index is 13.2. The van der Waals surface area contributed by atoms with Gasteiger partial charge in [0.05, 0.1) is 11.0 Å². The second kappa shape index (κ2) is 5.64. The van der Waals surface area contributed by atoms with E-state index in [0.29, 0.717) is 19.3 Å². The summed E-state index contributed by atoms with van der Waals surface area (Å²) < 4.78 is 67.8.